The summed E-state index contributed by atoms with van der Waals surface area (Å²) in [6, 6.07) is 13.3. The van der Waals surface area contributed by atoms with Crippen molar-refractivity contribution in [2.45, 2.75) is 18.5 Å². The van der Waals surface area contributed by atoms with E-state index in [2.05, 4.69) is 0 Å². The first-order chi connectivity index (χ1) is 8.05. The van der Waals surface area contributed by atoms with Gasteiger partial charge < -0.3 is 0 Å². The molecule has 0 unspecified atom stereocenters. The van der Waals surface area contributed by atoms with Gasteiger partial charge in [-0.25, -0.2) is 0 Å². The Labute approximate surface area is 97.1 Å². The molecule has 17 heavy (non-hydrogen) atoms. The first-order valence-electron chi connectivity index (χ1n) is 5.61. The molecule has 3 rings (SSSR count). The van der Waals surface area contributed by atoms with Crippen LogP contribution in [0.15, 0.2) is 42.5 Å². The summed E-state index contributed by atoms with van der Waals surface area (Å²) in [5.41, 5.74) is 0.811. The molecule has 0 radical (unpaired) electrons. The highest BCUT2D eigenvalue weighted by molar-refractivity contribution is 5.83. The number of hydrogen-bond donors (Lipinski definition) is 0. The third-order valence-electron chi connectivity index (χ3n) is 3.41. The molecule has 0 spiro atoms. The van der Waals surface area contributed by atoms with Crippen LogP contribution < -0.4 is 0 Å². The van der Waals surface area contributed by atoms with Crippen molar-refractivity contribution in [3.63, 3.8) is 0 Å². The second-order valence-electron chi connectivity index (χ2n) is 4.60. The Kier molecular flexibility index (Phi) is 2.18. The molecular weight excluding hydrogens is 225 g/mol. The Hall–Kier alpha value is -1.51. The lowest BCUT2D eigenvalue weighted by Gasteiger charge is -2.06. The van der Waals surface area contributed by atoms with Crippen molar-refractivity contribution in [1.82, 2.24) is 0 Å². The average Bonchev–Trinajstić information content (AvgIpc) is 3.08. The van der Waals surface area contributed by atoms with Crippen LogP contribution in [0.3, 0.4) is 0 Å². The van der Waals surface area contributed by atoms with E-state index in [1.54, 1.807) is 0 Å². The fourth-order valence-electron chi connectivity index (χ4n) is 2.36. The Morgan fingerprint density at radius 3 is 2.29 bits per heavy atom. The smallest absolute Gasteiger partial charge is 0.171 e. The van der Waals surface area contributed by atoms with Crippen LogP contribution in [0.2, 0.25) is 0 Å². The summed E-state index contributed by atoms with van der Waals surface area (Å²) in [7, 11) is 0. The van der Waals surface area contributed by atoms with E-state index in [4.69, 9.17) is 0 Å². The largest absolute Gasteiger partial charge is 0.392 e. The lowest BCUT2D eigenvalue weighted by molar-refractivity contribution is -0.148. The number of hydrogen-bond acceptors (Lipinski definition) is 0. The lowest BCUT2D eigenvalue weighted by Crippen LogP contribution is -2.11. The molecule has 1 fully saturated rings. The highest BCUT2D eigenvalue weighted by Crippen LogP contribution is 2.56. The highest BCUT2D eigenvalue weighted by Gasteiger charge is 2.56. The third-order valence-corrected chi connectivity index (χ3v) is 3.41. The zero-order chi connectivity index (χ0) is 12.0. The van der Waals surface area contributed by atoms with Crippen molar-refractivity contribution in [3.8, 4) is 0 Å². The molecule has 2 atom stereocenters. The summed E-state index contributed by atoms with van der Waals surface area (Å²) in [6.45, 7) is 0. The lowest BCUT2D eigenvalue weighted by atomic mass is 10.0. The van der Waals surface area contributed by atoms with Crippen molar-refractivity contribution in [2.24, 2.45) is 5.92 Å². The maximum atomic E-state index is 12.5. The van der Waals surface area contributed by atoms with Gasteiger partial charge in [-0.05, 0) is 28.7 Å². The van der Waals surface area contributed by atoms with Crippen LogP contribution >= 0.6 is 0 Å². The maximum Gasteiger partial charge on any atom is 0.392 e. The van der Waals surface area contributed by atoms with Gasteiger partial charge in [-0.3, -0.25) is 0 Å². The summed E-state index contributed by atoms with van der Waals surface area (Å²) in [6.07, 6.45) is -3.81. The molecule has 1 aliphatic rings. The minimum absolute atomic E-state index is 0.238. The van der Waals surface area contributed by atoms with Gasteiger partial charge in [0.2, 0.25) is 0 Å². The van der Waals surface area contributed by atoms with Gasteiger partial charge in [0, 0.05) is 0 Å². The monoisotopic (exact) mass is 236 g/mol. The van der Waals surface area contributed by atoms with E-state index >= 15 is 0 Å². The number of fused-ring (bicyclic) bond motifs is 1. The first-order valence-corrected chi connectivity index (χ1v) is 5.61. The van der Waals surface area contributed by atoms with E-state index in [0.717, 1.165) is 16.3 Å². The molecule has 2 aromatic carbocycles. The predicted octanol–water partition coefficient (Wildman–Crippen LogP) is 4.51. The Balaban J connectivity index is 1.93. The van der Waals surface area contributed by atoms with Crippen LogP contribution in [-0.2, 0) is 0 Å². The van der Waals surface area contributed by atoms with Gasteiger partial charge in [0.15, 0.2) is 0 Å². The zero-order valence-corrected chi connectivity index (χ0v) is 9.04. The normalized spacial score (nSPS) is 23.9. The van der Waals surface area contributed by atoms with Gasteiger partial charge in [0.25, 0.3) is 0 Å². The SMILES string of the molecule is FC(F)(F)[C@H]1C[C@@H]1c1ccc2ccccc2c1. The fourth-order valence-corrected chi connectivity index (χ4v) is 2.36. The summed E-state index contributed by atoms with van der Waals surface area (Å²) in [5, 5.41) is 2.08. The van der Waals surface area contributed by atoms with Gasteiger partial charge in [-0.2, -0.15) is 13.2 Å². The van der Waals surface area contributed by atoms with E-state index in [0.29, 0.717) is 0 Å². The summed E-state index contributed by atoms with van der Waals surface area (Å²) in [5.74, 6) is -1.47. The van der Waals surface area contributed by atoms with Gasteiger partial charge in [0.1, 0.15) is 0 Å². The molecule has 0 aliphatic heterocycles. The fraction of sp³-hybridized carbons (Fsp3) is 0.286. The molecule has 0 nitrogen and oxygen atoms in total. The van der Waals surface area contributed by atoms with Crippen molar-refractivity contribution in [2.75, 3.05) is 0 Å². The molecule has 0 N–H and O–H groups in total. The number of rotatable bonds is 1. The second kappa shape index (κ2) is 3.49. The second-order valence-corrected chi connectivity index (χ2v) is 4.60. The van der Waals surface area contributed by atoms with Gasteiger partial charge in [-0.15, -0.1) is 0 Å². The minimum Gasteiger partial charge on any atom is -0.171 e. The minimum atomic E-state index is -4.05. The molecule has 1 saturated carbocycles. The van der Waals surface area contributed by atoms with Crippen molar-refractivity contribution in [3.05, 3.63) is 48.0 Å². The Bertz CT molecular complexity index is 557. The van der Waals surface area contributed by atoms with Crippen molar-refractivity contribution in [1.29, 1.82) is 0 Å². The molecule has 2 aromatic rings. The van der Waals surface area contributed by atoms with Crippen LogP contribution in [0, 0.1) is 5.92 Å². The maximum absolute atomic E-state index is 12.5. The van der Waals surface area contributed by atoms with Crippen LogP contribution in [0.5, 0.6) is 0 Å². The number of halogens is 3. The van der Waals surface area contributed by atoms with Crippen LogP contribution in [0.4, 0.5) is 13.2 Å². The molecule has 0 bridgehead atoms. The van der Waals surface area contributed by atoms with Crippen molar-refractivity contribution < 1.29 is 13.2 Å². The van der Waals surface area contributed by atoms with E-state index < -0.39 is 12.1 Å². The highest BCUT2D eigenvalue weighted by atomic mass is 19.4. The van der Waals surface area contributed by atoms with Crippen LogP contribution in [-0.4, -0.2) is 6.18 Å². The molecule has 0 saturated heterocycles. The van der Waals surface area contributed by atoms with E-state index in [1.165, 1.54) is 0 Å². The molecule has 0 amide bonds. The van der Waals surface area contributed by atoms with Crippen LogP contribution in [0.1, 0.15) is 17.9 Å². The number of alkyl halides is 3. The molecule has 1 aliphatic carbocycles. The predicted molar refractivity (Wildman–Crippen MR) is 60.9 cm³/mol. The zero-order valence-electron chi connectivity index (χ0n) is 9.04. The molecule has 0 aromatic heterocycles. The van der Waals surface area contributed by atoms with E-state index in [1.807, 2.05) is 42.5 Å². The van der Waals surface area contributed by atoms with Gasteiger partial charge in [-0.1, -0.05) is 42.5 Å². The molecule has 88 valence electrons. The Morgan fingerprint density at radius 2 is 1.65 bits per heavy atom. The topological polar surface area (TPSA) is 0 Å². The first kappa shape index (κ1) is 10.6. The summed E-state index contributed by atoms with van der Waals surface area (Å²) in [4.78, 5) is 0. The summed E-state index contributed by atoms with van der Waals surface area (Å²) >= 11 is 0. The molecular formula is C14H11F3. The molecule has 0 heterocycles. The summed E-state index contributed by atoms with van der Waals surface area (Å²) < 4.78 is 37.5. The number of benzene rings is 2. The quantitative estimate of drug-likeness (QED) is 0.683. The third kappa shape index (κ3) is 1.90. The standard InChI is InChI=1S/C14H11F3/c15-14(16,17)13-8-12(13)11-6-5-9-3-1-2-4-10(9)7-11/h1-7,12-13H,8H2/t12-,13+/m1/s1. The van der Waals surface area contributed by atoms with Gasteiger partial charge in [0.05, 0.1) is 5.92 Å². The Morgan fingerprint density at radius 1 is 0.941 bits per heavy atom. The van der Waals surface area contributed by atoms with Crippen molar-refractivity contribution >= 4 is 10.8 Å². The van der Waals surface area contributed by atoms with Crippen LogP contribution in [0.25, 0.3) is 10.8 Å². The van der Waals surface area contributed by atoms with E-state index in [9.17, 15) is 13.2 Å². The average molecular weight is 236 g/mol. The van der Waals surface area contributed by atoms with E-state index in [-0.39, 0.29) is 12.3 Å². The van der Waals surface area contributed by atoms with Gasteiger partial charge >= 0.3 is 6.18 Å². The molecule has 3 heteroatoms.